The minimum absolute atomic E-state index is 0.0526. The van der Waals surface area contributed by atoms with E-state index in [0.717, 1.165) is 24.0 Å². The fourth-order valence-electron chi connectivity index (χ4n) is 4.23. The average Bonchev–Trinajstić information content (AvgIpc) is 2.97. The first-order valence-electron chi connectivity index (χ1n) is 9.91. The highest BCUT2D eigenvalue weighted by Crippen LogP contribution is 2.46. The quantitative estimate of drug-likeness (QED) is 0.700. The summed E-state index contributed by atoms with van der Waals surface area (Å²) in [6, 6.07) is 18.5. The molecule has 29 heavy (non-hydrogen) atoms. The first kappa shape index (κ1) is 19.5. The molecule has 4 rings (SSSR count). The lowest BCUT2D eigenvalue weighted by Crippen LogP contribution is -2.49. The zero-order valence-corrected chi connectivity index (χ0v) is 16.4. The van der Waals surface area contributed by atoms with E-state index in [0.29, 0.717) is 6.61 Å². The number of benzene rings is 2. The van der Waals surface area contributed by atoms with Crippen LogP contribution in [0.5, 0.6) is 0 Å². The highest BCUT2D eigenvalue weighted by molar-refractivity contribution is 5.83. The predicted molar refractivity (Wildman–Crippen MR) is 106 cm³/mol. The molecule has 6 heteroatoms. The van der Waals surface area contributed by atoms with Crippen molar-refractivity contribution < 1.29 is 23.8 Å². The van der Waals surface area contributed by atoms with Crippen molar-refractivity contribution in [3.8, 4) is 0 Å². The molecule has 2 aromatic carbocycles. The van der Waals surface area contributed by atoms with Gasteiger partial charge in [-0.25, -0.2) is 9.59 Å². The van der Waals surface area contributed by atoms with Gasteiger partial charge in [-0.05, 0) is 24.0 Å². The van der Waals surface area contributed by atoms with Crippen molar-refractivity contribution in [2.75, 3.05) is 7.11 Å². The Kier molecular flexibility index (Phi) is 5.81. The third-order valence-corrected chi connectivity index (χ3v) is 5.82. The van der Waals surface area contributed by atoms with Crippen molar-refractivity contribution in [1.82, 2.24) is 4.90 Å². The van der Waals surface area contributed by atoms with Crippen LogP contribution < -0.4 is 0 Å². The number of rotatable bonds is 6. The van der Waals surface area contributed by atoms with Gasteiger partial charge in [-0.2, -0.15) is 0 Å². The fourth-order valence-corrected chi connectivity index (χ4v) is 4.23. The number of likely N-dealkylation sites (tertiary alicyclic amines) is 1. The number of esters is 1. The van der Waals surface area contributed by atoms with Crippen molar-refractivity contribution in [2.24, 2.45) is 5.92 Å². The minimum atomic E-state index is -0.788. The molecular formula is C23H25NO5. The standard InChI is InChI=1S/C23H25NO5/c1-27-22(25)20-21(28-14-16-8-4-2-5-9-16)18-12-13-19(18)24(20)23(26)29-15-17-10-6-3-7-11-17/h2-11,18-21H,12-15H2,1H3/t18-,19+,20+,21-/m0/s1. The highest BCUT2D eigenvalue weighted by atomic mass is 16.6. The molecule has 0 spiro atoms. The van der Waals surface area contributed by atoms with Crippen molar-refractivity contribution in [3.63, 3.8) is 0 Å². The molecule has 1 amide bonds. The van der Waals surface area contributed by atoms with Gasteiger partial charge in [-0.1, -0.05) is 60.7 Å². The first-order valence-corrected chi connectivity index (χ1v) is 9.91. The highest BCUT2D eigenvalue weighted by Gasteiger charge is 2.59. The van der Waals surface area contributed by atoms with Gasteiger partial charge in [0.05, 0.1) is 19.8 Å². The number of hydrogen-bond acceptors (Lipinski definition) is 5. The summed E-state index contributed by atoms with van der Waals surface area (Å²) < 4.78 is 16.7. The van der Waals surface area contributed by atoms with E-state index in [2.05, 4.69) is 0 Å². The third kappa shape index (κ3) is 3.98. The summed E-state index contributed by atoms with van der Waals surface area (Å²) in [6.07, 6.45) is 0.861. The van der Waals surface area contributed by atoms with Gasteiger partial charge >= 0.3 is 12.1 Å². The summed E-state index contributed by atoms with van der Waals surface area (Å²) in [6.45, 7) is 0.548. The Morgan fingerprint density at radius 1 is 0.931 bits per heavy atom. The summed E-state index contributed by atoms with van der Waals surface area (Å²) in [5.74, 6) is -0.346. The molecule has 0 aromatic heterocycles. The van der Waals surface area contributed by atoms with E-state index in [1.807, 2.05) is 60.7 Å². The lowest BCUT2D eigenvalue weighted by molar-refractivity contribution is -0.150. The van der Waals surface area contributed by atoms with Crippen LogP contribution in [0.4, 0.5) is 4.79 Å². The number of hydrogen-bond donors (Lipinski definition) is 0. The van der Waals surface area contributed by atoms with Gasteiger partial charge in [0.15, 0.2) is 6.04 Å². The Balaban J connectivity index is 1.48. The Labute approximate surface area is 170 Å². The number of carbonyl (C=O) groups is 2. The average molecular weight is 395 g/mol. The van der Waals surface area contributed by atoms with Crippen molar-refractivity contribution in [3.05, 3.63) is 71.8 Å². The summed E-state index contributed by atoms with van der Waals surface area (Å²) in [7, 11) is 1.34. The van der Waals surface area contributed by atoms with Crippen LogP contribution in [0.2, 0.25) is 0 Å². The number of fused-ring (bicyclic) bond motifs is 1. The Morgan fingerprint density at radius 2 is 1.55 bits per heavy atom. The van der Waals surface area contributed by atoms with Crippen LogP contribution in [-0.4, -0.2) is 42.3 Å². The van der Waals surface area contributed by atoms with Crippen molar-refractivity contribution in [2.45, 2.75) is 44.2 Å². The summed E-state index contributed by atoms with van der Waals surface area (Å²) >= 11 is 0. The second kappa shape index (κ2) is 8.66. The lowest BCUT2D eigenvalue weighted by atomic mass is 9.78. The van der Waals surface area contributed by atoms with Gasteiger partial charge in [-0.3, -0.25) is 4.90 Å². The smallest absolute Gasteiger partial charge is 0.411 e. The van der Waals surface area contributed by atoms with E-state index in [4.69, 9.17) is 14.2 Å². The van der Waals surface area contributed by atoms with Crippen LogP contribution >= 0.6 is 0 Å². The van der Waals surface area contributed by atoms with Gasteiger partial charge in [0, 0.05) is 12.0 Å². The molecule has 152 valence electrons. The number of nitrogens with zero attached hydrogens (tertiary/aromatic N) is 1. The molecule has 1 saturated carbocycles. The lowest BCUT2D eigenvalue weighted by Gasteiger charge is -2.36. The maximum absolute atomic E-state index is 12.9. The Morgan fingerprint density at radius 3 is 2.10 bits per heavy atom. The second-order valence-electron chi connectivity index (χ2n) is 7.49. The maximum atomic E-state index is 12.9. The van der Waals surface area contributed by atoms with Gasteiger partial charge in [-0.15, -0.1) is 0 Å². The number of carbonyl (C=O) groups excluding carboxylic acids is 2. The molecule has 2 aliphatic rings. The monoisotopic (exact) mass is 395 g/mol. The van der Waals surface area contributed by atoms with Crippen LogP contribution in [0.15, 0.2) is 60.7 Å². The Hall–Kier alpha value is -2.86. The Bertz CT molecular complexity index is 841. The largest absolute Gasteiger partial charge is 0.467 e. The van der Waals surface area contributed by atoms with E-state index in [1.165, 1.54) is 7.11 Å². The minimum Gasteiger partial charge on any atom is -0.467 e. The van der Waals surface area contributed by atoms with Gasteiger partial charge in [0.1, 0.15) is 6.61 Å². The van der Waals surface area contributed by atoms with E-state index < -0.39 is 24.2 Å². The molecule has 1 saturated heterocycles. The summed E-state index contributed by atoms with van der Waals surface area (Å²) in [4.78, 5) is 27.0. The van der Waals surface area contributed by atoms with Crippen LogP contribution in [0.25, 0.3) is 0 Å². The van der Waals surface area contributed by atoms with Crippen LogP contribution in [0.1, 0.15) is 24.0 Å². The molecule has 6 nitrogen and oxygen atoms in total. The third-order valence-electron chi connectivity index (χ3n) is 5.82. The molecule has 4 atom stereocenters. The summed E-state index contributed by atoms with van der Waals surface area (Å²) in [5, 5.41) is 0. The molecule has 0 unspecified atom stereocenters. The van der Waals surface area contributed by atoms with Crippen molar-refractivity contribution >= 4 is 12.1 Å². The molecule has 1 aliphatic heterocycles. The molecule has 0 radical (unpaired) electrons. The molecule has 1 aliphatic carbocycles. The molecule has 1 heterocycles. The zero-order chi connectivity index (χ0) is 20.2. The summed E-state index contributed by atoms with van der Waals surface area (Å²) in [5.41, 5.74) is 1.92. The molecule has 0 N–H and O–H groups in total. The maximum Gasteiger partial charge on any atom is 0.411 e. The molecule has 2 aromatic rings. The van der Waals surface area contributed by atoms with Crippen molar-refractivity contribution in [1.29, 1.82) is 0 Å². The van der Waals surface area contributed by atoms with Gasteiger partial charge in [0.2, 0.25) is 0 Å². The van der Waals surface area contributed by atoms with Crippen LogP contribution in [0, 0.1) is 5.92 Å². The predicted octanol–water partition coefficient (Wildman–Crippen LogP) is 3.54. The fraction of sp³-hybridized carbons (Fsp3) is 0.391. The van der Waals surface area contributed by atoms with E-state index in [1.54, 1.807) is 4.90 Å². The van der Waals surface area contributed by atoms with Crippen LogP contribution in [0.3, 0.4) is 0 Å². The first-order chi connectivity index (χ1) is 14.2. The zero-order valence-electron chi connectivity index (χ0n) is 16.4. The topological polar surface area (TPSA) is 65.1 Å². The second-order valence-corrected chi connectivity index (χ2v) is 7.49. The van der Waals surface area contributed by atoms with E-state index >= 15 is 0 Å². The molecule has 0 bridgehead atoms. The SMILES string of the molecule is COC(=O)[C@H]1[C@@H](OCc2ccccc2)[C@H]2CC[C@H]2N1C(=O)OCc1ccccc1. The molecular weight excluding hydrogens is 370 g/mol. The van der Waals surface area contributed by atoms with Crippen LogP contribution in [-0.2, 0) is 32.2 Å². The number of amides is 1. The normalized spacial score (nSPS) is 25.1. The number of ether oxygens (including phenoxy) is 3. The van der Waals surface area contributed by atoms with Gasteiger partial charge in [0.25, 0.3) is 0 Å². The number of methoxy groups -OCH3 is 1. The van der Waals surface area contributed by atoms with E-state index in [9.17, 15) is 9.59 Å². The van der Waals surface area contributed by atoms with Gasteiger partial charge < -0.3 is 14.2 Å². The molecule has 2 fully saturated rings. The van der Waals surface area contributed by atoms with E-state index in [-0.39, 0.29) is 18.6 Å².